The monoisotopic (exact) mass is 380 g/mol. The second-order valence-corrected chi connectivity index (χ2v) is 6.68. The Hall–Kier alpha value is -2.22. The molecule has 0 aliphatic carbocycles. The van der Waals surface area contributed by atoms with Gasteiger partial charge in [-0.2, -0.15) is 5.10 Å². The van der Waals surface area contributed by atoms with E-state index < -0.39 is 5.91 Å². The SMILES string of the molecule is O=C(Nc1ncc(Cc2cccc(Cl)c2Cl)s1)c1ccc(=O)[nH]n1. The molecule has 0 saturated carbocycles. The molecular formula is C15H10Cl2N4O2S. The molecule has 1 aromatic carbocycles. The zero-order valence-corrected chi connectivity index (χ0v) is 14.4. The second kappa shape index (κ2) is 7.12. The van der Waals surface area contributed by atoms with E-state index in [0.29, 0.717) is 21.6 Å². The molecule has 2 N–H and O–H groups in total. The molecule has 0 fully saturated rings. The van der Waals surface area contributed by atoms with Crippen LogP contribution in [0.3, 0.4) is 0 Å². The van der Waals surface area contributed by atoms with Crippen LogP contribution in [0.15, 0.2) is 41.3 Å². The molecule has 2 heterocycles. The van der Waals surface area contributed by atoms with E-state index in [4.69, 9.17) is 23.2 Å². The Morgan fingerprint density at radius 3 is 2.83 bits per heavy atom. The zero-order valence-electron chi connectivity index (χ0n) is 12.0. The fraction of sp³-hybridized carbons (Fsp3) is 0.0667. The number of aromatic nitrogens is 3. The van der Waals surface area contributed by atoms with Crippen LogP contribution in [0.2, 0.25) is 10.0 Å². The summed E-state index contributed by atoms with van der Waals surface area (Å²) in [6.45, 7) is 0. The average Bonchev–Trinajstić information content (AvgIpc) is 2.99. The largest absolute Gasteiger partial charge is 0.296 e. The predicted molar refractivity (Wildman–Crippen MR) is 94.2 cm³/mol. The normalized spacial score (nSPS) is 10.6. The molecule has 6 nitrogen and oxygen atoms in total. The molecule has 0 saturated heterocycles. The minimum atomic E-state index is -0.451. The summed E-state index contributed by atoms with van der Waals surface area (Å²) in [5.74, 6) is -0.451. The molecule has 0 unspecified atom stereocenters. The summed E-state index contributed by atoms with van der Waals surface area (Å²) in [7, 11) is 0. The van der Waals surface area contributed by atoms with Crippen molar-refractivity contribution in [2.45, 2.75) is 6.42 Å². The van der Waals surface area contributed by atoms with E-state index in [9.17, 15) is 9.59 Å². The van der Waals surface area contributed by atoms with Crippen molar-refractivity contribution in [2.75, 3.05) is 5.32 Å². The van der Waals surface area contributed by atoms with Crippen LogP contribution in [-0.4, -0.2) is 21.1 Å². The third kappa shape index (κ3) is 3.81. The number of carbonyl (C=O) groups is 1. The predicted octanol–water partition coefficient (Wildman–Crippen LogP) is 3.38. The van der Waals surface area contributed by atoms with Crippen molar-refractivity contribution in [1.29, 1.82) is 0 Å². The summed E-state index contributed by atoms with van der Waals surface area (Å²) < 4.78 is 0. The Bertz CT molecular complexity index is 934. The highest BCUT2D eigenvalue weighted by Crippen LogP contribution is 2.29. The van der Waals surface area contributed by atoms with Crippen molar-refractivity contribution in [2.24, 2.45) is 0 Å². The van der Waals surface area contributed by atoms with E-state index >= 15 is 0 Å². The molecule has 2 aromatic heterocycles. The number of rotatable bonds is 4. The highest BCUT2D eigenvalue weighted by Gasteiger charge is 2.12. The maximum absolute atomic E-state index is 12.0. The number of hydrogen-bond acceptors (Lipinski definition) is 5. The number of amides is 1. The fourth-order valence-corrected chi connectivity index (χ4v) is 3.17. The molecule has 0 bridgehead atoms. The van der Waals surface area contributed by atoms with Crippen LogP contribution < -0.4 is 10.9 Å². The first-order valence-electron chi connectivity index (χ1n) is 6.77. The number of thiazole rings is 1. The fourth-order valence-electron chi connectivity index (χ4n) is 1.95. The Labute approximate surface area is 150 Å². The summed E-state index contributed by atoms with van der Waals surface area (Å²) in [6.07, 6.45) is 2.22. The van der Waals surface area contributed by atoms with E-state index in [1.54, 1.807) is 12.3 Å². The van der Waals surface area contributed by atoms with Gasteiger partial charge >= 0.3 is 0 Å². The lowest BCUT2D eigenvalue weighted by molar-refractivity contribution is 0.102. The maximum atomic E-state index is 12.0. The quantitative estimate of drug-likeness (QED) is 0.725. The molecule has 1 amide bonds. The molecule has 3 rings (SSSR count). The van der Waals surface area contributed by atoms with E-state index in [1.807, 2.05) is 12.1 Å². The molecule has 0 atom stereocenters. The number of anilines is 1. The van der Waals surface area contributed by atoms with Gasteiger partial charge in [0.05, 0.1) is 10.0 Å². The van der Waals surface area contributed by atoms with Crippen molar-refractivity contribution >= 4 is 45.6 Å². The van der Waals surface area contributed by atoms with E-state index in [2.05, 4.69) is 20.5 Å². The minimum absolute atomic E-state index is 0.101. The molecule has 0 radical (unpaired) electrons. The molecule has 24 heavy (non-hydrogen) atoms. The van der Waals surface area contributed by atoms with Crippen molar-refractivity contribution < 1.29 is 4.79 Å². The molecule has 3 aromatic rings. The summed E-state index contributed by atoms with van der Waals surface area (Å²) >= 11 is 13.5. The van der Waals surface area contributed by atoms with Gasteiger partial charge in [0, 0.05) is 23.6 Å². The van der Waals surface area contributed by atoms with Gasteiger partial charge in [0.2, 0.25) is 0 Å². The number of halogens is 2. The zero-order chi connectivity index (χ0) is 17.1. The van der Waals surface area contributed by atoms with Crippen LogP contribution >= 0.6 is 34.5 Å². The van der Waals surface area contributed by atoms with Crippen LogP contribution in [0.5, 0.6) is 0 Å². The van der Waals surface area contributed by atoms with Crippen molar-refractivity contribution in [1.82, 2.24) is 15.2 Å². The van der Waals surface area contributed by atoms with Gasteiger partial charge in [-0.1, -0.05) is 35.3 Å². The first-order chi connectivity index (χ1) is 11.5. The number of aromatic amines is 1. The molecule has 0 spiro atoms. The Kier molecular flexibility index (Phi) is 4.94. The number of benzene rings is 1. The first-order valence-corrected chi connectivity index (χ1v) is 8.35. The van der Waals surface area contributed by atoms with Crippen LogP contribution in [0.1, 0.15) is 20.9 Å². The lowest BCUT2D eigenvalue weighted by Crippen LogP contribution is -2.17. The smallest absolute Gasteiger partial charge is 0.277 e. The molecule has 122 valence electrons. The Morgan fingerprint density at radius 1 is 1.25 bits per heavy atom. The van der Waals surface area contributed by atoms with Gasteiger partial charge in [-0.25, -0.2) is 10.1 Å². The number of H-pyrrole nitrogens is 1. The summed E-state index contributed by atoms with van der Waals surface area (Å²) in [6, 6.07) is 8.01. The summed E-state index contributed by atoms with van der Waals surface area (Å²) in [5, 5.41) is 9.94. The number of carbonyl (C=O) groups excluding carboxylic acids is 1. The minimum Gasteiger partial charge on any atom is -0.296 e. The lowest BCUT2D eigenvalue weighted by atomic mass is 10.1. The highest BCUT2D eigenvalue weighted by atomic mass is 35.5. The van der Waals surface area contributed by atoms with Crippen LogP contribution in [-0.2, 0) is 6.42 Å². The van der Waals surface area contributed by atoms with Gasteiger partial charge in [0.1, 0.15) is 5.69 Å². The number of nitrogens with one attached hydrogen (secondary N) is 2. The summed E-state index contributed by atoms with van der Waals surface area (Å²) in [4.78, 5) is 28.1. The third-order valence-electron chi connectivity index (χ3n) is 3.08. The van der Waals surface area contributed by atoms with Gasteiger partial charge < -0.3 is 0 Å². The van der Waals surface area contributed by atoms with Crippen molar-refractivity contribution in [3.8, 4) is 0 Å². The van der Waals surface area contributed by atoms with E-state index in [0.717, 1.165) is 10.4 Å². The van der Waals surface area contributed by atoms with Crippen LogP contribution in [0.4, 0.5) is 5.13 Å². The Balaban J connectivity index is 1.71. The first kappa shape index (κ1) is 16.6. The number of hydrogen-bond donors (Lipinski definition) is 2. The standard InChI is InChI=1S/C15H10Cl2N4O2S/c16-10-3-1-2-8(13(10)17)6-9-7-18-15(24-9)19-14(23)11-4-5-12(22)21-20-11/h1-5,7H,6H2,(H,21,22)(H,18,19,23). The van der Waals surface area contributed by atoms with Gasteiger partial charge in [0.25, 0.3) is 11.5 Å². The topological polar surface area (TPSA) is 87.7 Å². The highest BCUT2D eigenvalue weighted by molar-refractivity contribution is 7.15. The number of nitrogens with zero attached hydrogens (tertiary/aromatic N) is 2. The third-order valence-corrected chi connectivity index (χ3v) is 4.85. The van der Waals surface area contributed by atoms with Crippen molar-refractivity contribution in [3.63, 3.8) is 0 Å². The lowest BCUT2D eigenvalue weighted by Gasteiger charge is -2.03. The summed E-state index contributed by atoms with van der Waals surface area (Å²) in [5.41, 5.74) is 0.610. The molecule has 9 heteroatoms. The van der Waals surface area contributed by atoms with Crippen molar-refractivity contribution in [3.05, 3.63) is 73.1 Å². The molecular weight excluding hydrogens is 371 g/mol. The van der Waals surface area contributed by atoms with E-state index in [1.165, 1.54) is 23.5 Å². The maximum Gasteiger partial charge on any atom is 0.277 e. The molecule has 0 aliphatic heterocycles. The van der Waals surface area contributed by atoms with Crippen LogP contribution in [0, 0.1) is 0 Å². The Morgan fingerprint density at radius 2 is 2.08 bits per heavy atom. The van der Waals surface area contributed by atoms with E-state index in [-0.39, 0.29) is 11.3 Å². The van der Waals surface area contributed by atoms with Gasteiger partial charge in [-0.05, 0) is 17.7 Å². The molecule has 0 aliphatic rings. The van der Waals surface area contributed by atoms with Crippen LogP contribution in [0.25, 0.3) is 0 Å². The average molecular weight is 381 g/mol. The van der Waals surface area contributed by atoms with Gasteiger partial charge in [-0.3, -0.25) is 14.9 Å². The second-order valence-electron chi connectivity index (χ2n) is 4.78. The van der Waals surface area contributed by atoms with Gasteiger partial charge in [0.15, 0.2) is 5.13 Å². The van der Waals surface area contributed by atoms with Gasteiger partial charge in [-0.15, -0.1) is 11.3 Å².